The van der Waals surface area contributed by atoms with Gasteiger partial charge in [0, 0.05) is 23.7 Å². The zero-order valence-corrected chi connectivity index (χ0v) is 14.3. The van der Waals surface area contributed by atoms with E-state index < -0.39 is 6.04 Å². The highest BCUT2D eigenvalue weighted by molar-refractivity contribution is 7.09. The summed E-state index contributed by atoms with van der Waals surface area (Å²) in [5, 5.41) is 5.65. The van der Waals surface area contributed by atoms with Crippen LogP contribution >= 0.6 is 11.3 Å². The number of nitrogens with zero attached hydrogens (tertiary/aromatic N) is 2. The number of carbonyl (C=O) groups excluding carboxylic acids is 2. The van der Waals surface area contributed by atoms with E-state index >= 15 is 0 Å². The minimum atomic E-state index is -0.478. The largest absolute Gasteiger partial charge is 0.341 e. The molecular formula is C18H19N3O2S. The van der Waals surface area contributed by atoms with Crippen molar-refractivity contribution in [1.82, 2.24) is 10.3 Å². The summed E-state index contributed by atoms with van der Waals surface area (Å²) >= 11 is 1.54. The van der Waals surface area contributed by atoms with Crippen LogP contribution in [0.15, 0.2) is 41.8 Å². The Morgan fingerprint density at radius 1 is 1.38 bits per heavy atom. The molecule has 1 N–H and O–H groups in total. The molecule has 1 aromatic carbocycles. The number of anilines is 1. The monoisotopic (exact) mass is 341 g/mol. The molecule has 1 saturated heterocycles. The van der Waals surface area contributed by atoms with Gasteiger partial charge in [-0.25, -0.2) is 4.98 Å². The van der Waals surface area contributed by atoms with Crippen molar-refractivity contribution in [3.63, 3.8) is 0 Å². The normalized spacial score (nSPS) is 18.1. The molecule has 0 spiro atoms. The number of rotatable bonds is 4. The van der Waals surface area contributed by atoms with Crippen molar-refractivity contribution in [3.8, 4) is 0 Å². The average Bonchev–Trinajstić information content (AvgIpc) is 3.01. The summed E-state index contributed by atoms with van der Waals surface area (Å²) in [6.45, 7) is 2.60. The Bertz CT molecular complexity index is 755. The molecule has 24 heavy (non-hydrogen) atoms. The van der Waals surface area contributed by atoms with Gasteiger partial charge in [-0.15, -0.1) is 11.3 Å². The number of amides is 2. The molecule has 0 saturated carbocycles. The minimum absolute atomic E-state index is 0.0568. The molecule has 124 valence electrons. The lowest BCUT2D eigenvalue weighted by molar-refractivity contribution is -0.126. The lowest BCUT2D eigenvalue weighted by Crippen LogP contribution is -2.52. The summed E-state index contributed by atoms with van der Waals surface area (Å²) < 4.78 is 0. The third-order valence-corrected chi connectivity index (χ3v) is 4.66. The van der Waals surface area contributed by atoms with Crippen molar-refractivity contribution >= 4 is 34.9 Å². The van der Waals surface area contributed by atoms with Crippen LogP contribution < -0.4 is 10.2 Å². The zero-order valence-electron chi connectivity index (χ0n) is 13.4. The second kappa shape index (κ2) is 7.40. The molecule has 0 bridgehead atoms. The maximum Gasteiger partial charge on any atom is 0.249 e. The van der Waals surface area contributed by atoms with Crippen LogP contribution in [0.3, 0.4) is 0 Å². The van der Waals surface area contributed by atoms with Crippen LogP contribution in [-0.4, -0.2) is 29.4 Å². The van der Waals surface area contributed by atoms with E-state index in [1.807, 2.05) is 42.6 Å². The fraction of sp³-hybridized carbons (Fsp3) is 0.278. The van der Waals surface area contributed by atoms with Crippen LogP contribution in [0, 0.1) is 6.92 Å². The molecule has 2 amide bonds. The van der Waals surface area contributed by atoms with E-state index in [0.29, 0.717) is 13.0 Å². The third-order valence-electron chi connectivity index (χ3n) is 3.87. The van der Waals surface area contributed by atoms with E-state index in [-0.39, 0.29) is 11.8 Å². The molecule has 0 radical (unpaired) electrons. The quantitative estimate of drug-likeness (QED) is 0.870. The van der Waals surface area contributed by atoms with Gasteiger partial charge in [0.25, 0.3) is 0 Å². The third kappa shape index (κ3) is 3.89. The molecule has 2 heterocycles. The number of benzene rings is 1. The molecule has 1 aliphatic rings. The Balaban J connectivity index is 1.63. The van der Waals surface area contributed by atoms with Crippen molar-refractivity contribution in [2.75, 3.05) is 11.4 Å². The maximum absolute atomic E-state index is 12.6. The topological polar surface area (TPSA) is 62.3 Å². The molecule has 0 aliphatic carbocycles. The van der Waals surface area contributed by atoms with Gasteiger partial charge in [0.15, 0.2) is 0 Å². The summed E-state index contributed by atoms with van der Waals surface area (Å²) in [7, 11) is 0. The van der Waals surface area contributed by atoms with Crippen LogP contribution in [0.25, 0.3) is 6.08 Å². The molecule has 1 atom stereocenters. The lowest BCUT2D eigenvalue weighted by atomic mass is 10.0. The van der Waals surface area contributed by atoms with Gasteiger partial charge in [-0.2, -0.15) is 0 Å². The number of hydrogen-bond acceptors (Lipinski definition) is 4. The first-order valence-corrected chi connectivity index (χ1v) is 8.78. The summed E-state index contributed by atoms with van der Waals surface area (Å²) in [4.78, 5) is 30.7. The minimum Gasteiger partial charge on any atom is -0.341 e. The maximum atomic E-state index is 12.6. The highest BCUT2D eigenvalue weighted by Gasteiger charge is 2.30. The number of thiazole rings is 1. The fourth-order valence-corrected chi connectivity index (χ4v) is 3.29. The van der Waals surface area contributed by atoms with Crippen molar-refractivity contribution in [1.29, 1.82) is 0 Å². The molecule has 2 aromatic rings. The summed E-state index contributed by atoms with van der Waals surface area (Å²) in [6.07, 6.45) is 4.63. The number of aryl methyl sites for hydroxylation is 1. The van der Waals surface area contributed by atoms with E-state index in [9.17, 15) is 9.59 Å². The number of piperidine rings is 1. The Labute approximate surface area is 145 Å². The van der Waals surface area contributed by atoms with E-state index in [2.05, 4.69) is 10.3 Å². The van der Waals surface area contributed by atoms with E-state index in [1.54, 1.807) is 11.0 Å². The molecule has 1 aromatic heterocycles. The van der Waals surface area contributed by atoms with Crippen molar-refractivity contribution < 1.29 is 9.59 Å². The second-order valence-electron chi connectivity index (χ2n) is 5.65. The number of aromatic nitrogens is 1. The van der Waals surface area contributed by atoms with Gasteiger partial charge in [-0.05, 0) is 38.0 Å². The predicted octanol–water partition coefficient (Wildman–Crippen LogP) is 2.78. The van der Waals surface area contributed by atoms with Crippen LogP contribution in [0.2, 0.25) is 0 Å². The van der Waals surface area contributed by atoms with Crippen LogP contribution in [0.4, 0.5) is 5.69 Å². The standard InChI is InChI=1S/C18H19N3O2S/c1-13-19-14(12-24-13)9-10-17(22)20-16-8-5-11-21(18(16)23)15-6-3-2-4-7-15/h2-4,6-7,9-10,12,16H,5,8,11H2,1H3,(H,20,22)/b10-9+. The first kappa shape index (κ1) is 16.4. The first-order chi connectivity index (χ1) is 11.6. The van der Waals surface area contributed by atoms with Gasteiger partial charge in [-0.3, -0.25) is 9.59 Å². The van der Waals surface area contributed by atoms with Gasteiger partial charge in [-0.1, -0.05) is 18.2 Å². The van der Waals surface area contributed by atoms with Gasteiger partial charge < -0.3 is 10.2 Å². The van der Waals surface area contributed by atoms with Gasteiger partial charge >= 0.3 is 0 Å². The summed E-state index contributed by atoms with van der Waals surface area (Å²) in [5.41, 5.74) is 1.63. The number of carbonyl (C=O) groups is 2. The Kier molecular flexibility index (Phi) is 5.05. The highest BCUT2D eigenvalue weighted by Crippen LogP contribution is 2.20. The van der Waals surface area contributed by atoms with E-state index in [1.165, 1.54) is 17.4 Å². The van der Waals surface area contributed by atoms with Gasteiger partial charge in [0.1, 0.15) is 6.04 Å². The van der Waals surface area contributed by atoms with E-state index in [4.69, 9.17) is 0 Å². The zero-order chi connectivity index (χ0) is 16.9. The molecule has 1 aliphatic heterocycles. The number of hydrogen-bond donors (Lipinski definition) is 1. The molecule has 6 heteroatoms. The molecule has 5 nitrogen and oxygen atoms in total. The van der Waals surface area contributed by atoms with Gasteiger partial charge in [0.2, 0.25) is 11.8 Å². The molecule has 1 fully saturated rings. The van der Waals surface area contributed by atoms with Crippen LogP contribution in [0.5, 0.6) is 0 Å². The van der Waals surface area contributed by atoms with E-state index in [0.717, 1.165) is 22.8 Å². The first-order valence-electron chi connectivity index (χ1n) is 7.90. The smallest absolute Gasteiger partial charge is 0.249 e. The second-order valence-corrected chi connectivity index (χ2v) is 6.72. The molecular weight excluding hydrogens is 322 g/mol. The van der Waals surface area contributed by atoms with Crippen LogP contribution in [0.1, 0.15) is 23.5 Å². The van der Waals surface area contributed by atoms with Crippen LogP contribution in [-0.2, 0) is 9.59 Å². The number of nitrogens with one attached hydrogen (secondary N) is 1. The van der Waals surface area contributed by atoms with Crippen molar-refractivity contribution in [2.45, 2.75) is 25.8 Å². The van der Waals surface area contributed by atoms with Crippen molar-refractivity contribution in [2.24, 2.45) is 0 Å². The SMILES string of the molecule is Cc1nc(/C=C/C(=O)NC2CCCN(c3ccccc3)C2=O)cs1. The van der Waals surface area contributed by atoms with Crippen molar-refractivity contribution in [3.05, 3.63) is 52.5 Å². The lowest BCUT2D eigenvalue weighted by Gasteiger charge is -2.32. The fourth-order valence-electron chi connectivity index (χ4n) is 2.71. The number of para-hydroxylation sites is 1. The molecule has 1 unspecified atom stereocenters. The average molecular weight is 341 g/mol. The Morgan fingerprint density at radius 3 is 2.88 bits per heavy atom. The highest BCUT2D eigenvalue weighted by atomic mass is 32.1. The predicted molar refractivity (Wildman–Crippen MR) is 95.8 cm³/mol. The Morgan fingerprint density at radius 2 is 2.17 bits per heavy atom. The molecule has 3 rings (SSSR count). The van der Waals surface area contributed by atoms with Gasteiger partial charge in [0.05, 0.1) is 10.7 Å². The summed E-state index contributed by atoms with van der Waals surface area (Å²) in [6, 6.07) is 9.07. The Hall–Kier alpha value is -2.47. The summed E-state index contributed by atoms with van der Waals surface area (Å²) in [5.74, 6) is -0.326.